The highest BCUT2D eigenvalue weighted by atomic mass is 32.2. The number of thioether (sulfide) groups is 1. The van der Waals surface area contributed by atoms with Crippen molar-refractivity contribution in [3.8, 4) is 0 Å². The van der Waals surface area contributed by atoms with Crippen molar-refractivity contribution in [1.82, 2.24) is 0 Å². The van der Waals surface area contributed by atoms with E-state index in [1.54, 1.807) is 6.20 Å². The van der Waals surface area contributed by atoms with Gasteiger partial charge in [0.15, 0.2) is 0 Å². The summed E-state index contributed by atoms with van der Waals surface area (Å²) in [5, 5.41) is 2.27. The molecule has 0 spiro atoms. The number of allylic oxidation sites excluding steroid dienone is 1. The monoisotopic (exact) mass is 315 g/mol. The van der Waals surface area contributed by atoms with Crippen LogP contribution in [0, 0.1) is 19.8 Å². The van der Waals surface area contributed by atoms with Crippen LogP contribution in [0.1, 0.15) is 51.3 Å². The molecule has 0 bridgehead atoms. The molecule has 0 N–H and O–H groups in total. The molecule has 22 heavy (non-hydrogen) atoms. The Balaban J connectivity index is 3.22. The lowest BCUT2D eigenvalue weighted by atomic mass is 9.96. The minimum Gasteiger partial charge on any atom is -0.260 e. The molecule has 0 unspecified atom stereocenters. The average Bonchev–Trinajstić information content (AvgIpc) is 2.40. The lowest BCUT2D eigenvalue weighted by Crippen LogP contribution is -2.28. The summed E-state index contributed by atoms with van der Waals surface area (Å²) < 4.78 is -0.107. The van der Waals surface area contributed by atoms with Crippen LogP contribution in [0.3, 0.4) is 0 Å². The first-order valence-electron chi connectivity index (χ1n) is 7.79. The van der Waals surface area contributed by atoms with E-state index < -0.39 is 0 Å². The molecular weight excluding hydrogens is 286 g/mol. The minimum absolute atomic E-state index is 0.107. The van der Waals surface area contributed by atoms with Crippen LogP contribution in [0.2, 0.25) is 0 Å². The van der Waals surface area contributed by atoms with Gasteiger partial charge in [-0.15, -0.1) is 11.8 Å². The first-order chi connectivity index (χ1) is 10.2. The number of rotatable bonds is 6. The second kappa shape index (κ2) is 7.82. The Hall–Kier alpha value is -1.28. The van der Waals surface area contributed by atoms with Gasteiger partial charge in [-0.1, -0.05) is 55.3 Å². The van der Waals surface area contributed by atoms with Gasteiger partial charge >= 0.3 is 0 Å². The smallest absolute Gasteiger partial charge is 0.0634 e. The lowest BCUT2D eigenvalue weighted by molar-refractivity contribution is 0.771. The maximum atomic E-state index is 4.60. The van der Waals surface area contributed by atoms with E-state index >= 15 is 0 Å². The van der Waals surface area contributed by atoms with E-state index in [9.17, 15) is 0 Å². The van der Waals surface area contributed by atoms with E-state index in [1.807, 2.05) is 11.8 Å². The molecule has 1 nitrogen and oxygen atoms in total. The van der Waals surface area contributed by atoms with E-state index in [4.69, 9.17) is 0 Å². The molecule has 0 amide bonds. The molecular formula is C20H29NS. The summed E-state index contributed by atoms with van der Waals surface area (Å²) in [4.78, 5) is 4.60. The number of aliphatic imine (C=N–C) groups is 1. The molecule has 0 fully saturated rings. The second-order valence-corrected chi connectivity index (χ2v) is 8.17. The van der Waals surface area contributed by atoms with Gasteiger partial charge < -0.3 is 0 Å². The van der Waals surface area contributed by atoms with Crippen molar-refractivity contribution < 1.29 is 0 Å². The van der Waals surface area contributed by atoms with Crippen LogP contribution in [0.15, 0.2) is 47.0 Å². The Kier molecular flexibility index (Phi) is 6.67. The van der Waals surface area contributed by atoms with Gasteiger partial charge in [0.25, 0.3) is 0 Å². The van der Waals surface area contributed by atoms with Crippen LogP contribution in [-0.2, 0) is 0 Å². The highest BCUT2D eigenvalue weighted by Gasteiger charge is 2.26. The zero-order chi connectivity index (χ0) is 16.9. The molecule has 0 saturated carbocycles. The largest absolute Gasteiger partial charge is 0.260 e. The predicted molar refractivity (Wildman–Crippen MR) is 103 cm³/mol. The molecule has 0 aromatic heterocycles. The van der Waals surface area contributed by atoms with E-state index in [0.717, 1.165) is 5.71 Å². The summed E-state index contributed by atoms with van der Waals surface area (Å²) >= 11 is 1.83. The number of aryl methyl sites for hydroxylation is 2. The Labute approximate surface area is 140 Å². The van der Waals surface area contributed by atoms with Gasteiger partial charge in [-0.2, -0.15) is 0 Å². The summed E-state index contributed by atoms with van der Waals surface area (Å²) in [6.45, 7) is 19.1. The first-order valence-corrected chi connectivity index (χ1v) is 8.67. The highest BCUT2D eigenvalue weighted by molar-refractivity contribution is 8.04. The SMILES string of the molecule is C=C/N=C(/c1cc(C)cc(C)c1)C(C)(C)S/C=C(\C)C(C)C. The zero-order valence-corrected chi connectivity index (χ0v) is 15.8. The van der Waals surface area contributed by atoms with Crippen molar-refractivity contribution in [2.45, 2.75) is 53.2 Å². The van der Waals surface area contributed by atoms with Crippen LogP contribution in [0.4, 0.5) is 0 Å². The Morgan fingerprint density at radius 2 is 1.73 bits per heavy atom. The Morgan fingerprint density at radius 3 is 2.18 bits per heavy atom. The van der Waals surface area contributed by atoms with Crippen molar-refractivity contribution in [2.24, 2.45) is 10.9 Å². The molecule has 1 aromatic carbocycles. The molecule has 120 valence electrons. The molecule has 0 saturated heterocycles. The maximum absolute atomic E-state index is 4.60. The standard InChI is InChI=1S/C20H29NS/c1-9-21-19(18-11-15(4)10-16(5)12-18)20(7,8)22-13-17(6)14(2)3/h9-14H,1H2,2-8H3/b17-13+,21-19-. The summed E-state index contributed by atoms with van der Waals surface area (Å²) in [6.07, 6.45) is 1.65. The molecule has 0 aliphatic carbocycles. The fourth-order valence-electron chi connectivity index (χ4n) is 2.21. The quantitative estimate of drug-likeness (QED) is 0.560. The van der Waals surface area contributed by atoms with Crippen molar-refractivity contribution in [1.29, 1.82) is 0 Å². The molecule has 0 aliphatic heterocycles. The van der Waals surface area contributed by atoms with E-state index in [0.29, 0.717) is 5.92 Å². The van der Waals surface area contributed by atoms with Crippen molar-refractivity contribution in [3.63, 3.8) is 0 Å². The molecule has 0 heterocycles. The van der Waals surface area contributed by atoms with Gasteiger partial charge in [0, 0.05) is 6.20 Å². The van der Waals surface area contributed by atoms with E-state index in [2.05, 4.69) is 83.6 Å². The number of hydrogen-bond acceptors (Lipinski definition) is 2. The van der Waals surface area contributed by atoms with Crippen LogP contribution < -0.4 is 0 Å². The normalized spacial score (nSPS) is 13.6. The van der Waals surface area contributed by atoms with Crippen molar-refractivity contribution in [2.75, 3.05) is 0 Å². The van der Waals surface area contributed by atoms with Crippen LogP contribution in [-0.4, -0.2) is 10.5 Å². The summed E-state index contributed by atoms with van der Waals surface area (Å²) in [7, 11) is 0. The van der Waals surface area contributed by atoms with E-state index in [-0.39, 0.29) is 4.75 Å². The van der Waals surface area contributed by atoms with Gasteiger partial charge in [-0.3, -0.25) is 4.99 Å². The molecule has 2 heteroatoms. The predicted octanol–water partition coefficient (Wildman–Crippen LogP) is 6.31. The first kappa shape index (κ1) is 18.8. The average molecular weight is 316 g/mol. The van der Waals surface area contributed by atoms with Crippen molar-refractivity contribution in [3.05, 3.63) is 58.6 Å². The Morgan fingerprint density at radius 1 is 1.18 bits per heavy atom. The van der Waals surface area contributed by atoms with Gasteiger partial charge in [-0.05, 0) is 51.5 Å². The second-order valence-electron chi connectivity index (χ2n) is 6.68. The topological polar surface area (TPSA) is 12.4 Å². The summed E-state index contributed by atoms with van der Waals surface area (Å²) in [5.74, 6) is 0.573. The van der Waals surface area contributed by atoms with Crippen LogP contribution in [0.5, 0.6) is 0 Å². The van der Waals surface area contributed by atoms with Gasteiger partial charge in [-0.25, -0.2) is 0 Å². The number of benzene rings is 1. The third-order valence-corrected chi connectivity index (χ3v) is 5.01. The molecule has 0 aliphatic rings. The minimum atomic E-state index is -0.107. The zero-order valence-electron chi connectivity index (χ0n) is 15.0. The molecule has 0 atom stereocenters. The highest BCUT2D eigenvalue weighted by Crippen LogP contribution is 2.33. The van der Waals surface area contributed by atoms with Crippen molar-refractivity contribution >= 4 is 17.5 Å². The fraction of sp³-hybridized carbons (Fsp3) is 0.450. The van der Waals surface area contributed by atoms with Gasteiger partial charge in [0.2, 0.25) is 0 Å². The summed E-state index contributed by atoms with van der Waals surface area (Å²) in [5.41, 5.74) is 6.19. The number of nitrogens with zero attached hydrogens (tertiary/aromatic N) is 1. The maximum Gasteiger partial charge on any atom is 0.0634 e. The van der Waals surface area contributed by atoms with Gasteiger partial charge in [0.05, 0.1) is 10.5 Å². The fourth-order valence-corrected chi connectivity index (χ4v) is 3.25. The Bertz CT molecular complexity index is 571. The van der Waals surface area contributed by atoms with Crippen LogP contribution >= 0.6 is 11.8 Å². The third-order valence-electron chi connectivity index (χ3n) is 3.74. The van der Waals surface area contributed by atoms with Crippen LogP contribution in [0.25, 0.3) is 0 Å². The summed E-state index contributed by atoms with van der Waals surface area (Å²) in [6, 6.07) is 6.60. The van der Waals surface area contributed by atoms with Gasteiger partial charge in [0.1, 0.15) is 0 Å². The number of hydrogen-bond donors (Lipinski definition) is 0. The third kappa shape index (κ3) is 5.17. The van der Waals surface area contributed by atoms with E-state index in [1.165, 1.54) is 22.3 Å². The molecule has 1 rings (SSSR count). The lowest BCUT2D eigenvalue weighted by Gasteiger charge is -2.26. The molecule has 0 radical (unpaired) electrons. The molecule has 1 aromatic rings.